The number of nitrogens with zero attached hydrogens (tertiary/aromatic N) is 3. The summed E-state index contributed by atoms with van der Waals surface area (Å²) < 4.78 is 14.8. The molecule has 0 aliphatic heterocycles. The van der Waals surface area contributed by atoms with E-state index >= 15 is 0 Å². The predicted molar refractivity (Wildman–Crippen MR) is 63.5 cm³/mol. The second-order valence-corrected chi connectivity index (χ2v) is 4.01. The smallest absolute Gasteiger partial charge is 0.125 e. The number of likely N-dealkylation sites (N-methyl/N-ethyl adjacent to an activating group) is 1. The average molecular weight is 234 g/mol. The zero-order chi connectivity index (χ0) is 12.3. The Morgan fingerprint density at radius 2 is 2.29 bits per heavy atom. The summed E-state index contributed by atoms with van der Waals surface area (Å²) >= 11 is 0. The van der Waals surface area contributed by atoms with Crippen LogP contribution in [0.5, 0.6) is 0 Å². The second-order valence-electron chi connectivity index (χ2n) is 4.01. The lowest BCUT2D eigenvalue weighted by molar-refractivity contribution is 0.586. The highest BCUT2D eigenvalue weighted by Gasteiger charge is 2.09. The maximum Gasteiger partial charge on any atom is 0.125 e. The molecule has 4 nitrogen and oxygen atoms in total. The Bertz CT molecular complexity index is 495. The molecular weight excluding hydrogens is 219 g/mol. The highest BCUT2D eigenvalue weighted by molar-refractivity contribution is 5.32. The number of benzene rings is 1. The SMILES string of the molecule is CNC(C)Cc1cnnn1-c1cccc(F)c1. The first-order valence-electron chi connectivity index (χ1n) is 5.53. The van der Waals surface area contributed by atoms with Crippen molar-refractivity contribution in [1.82, 2.24) is 20.3 Å². The van der Waals surface area contributed by atoms with Crippen LogP contribution in [0.4, 0.5) is 4.39 Å². The zero-order valence-corrected chi connectivity index (χ0v) is 9.89. The molecule has 1 aromatic heterocycles. The van der Waals surface area contributed by atoms with Crippen molar-refractivity contribution in [3.63, 3.8) is 0 Å². The minimum absolute atomic E-state index is 0.273. The van der Waals surface area contributed by atoms with E-state index in [1.54, 1.807) is 16.9 Å². The third kappa shape index (κ3) is 2.68. The standard InChI is InChI=1S/C12H15FN4/c1-9(14-2)6-12-8-15-16-17(12)11-5-3-4-10(13)7-11/h3-5,7-9,14H,6H2,1-2H3. The maximum absolute atomic E-state index is 13.1. The highest BCUT2D eigenvalue weighted by Crippen LogP contribution is 2.12. The molecule has 1 N–H and O–H groups in total. The van der Waals surface area contributed by atoms with E-state index in [1.165, 1.54) is 12.1 Å². The topological polar surface area (TPSA) is 42.7 Å². The van der Waals surface area contributed by atoms with E-state index in [1.807, 2.05) is 13.1 Å². The van der Waals surface area contributed by atoms with E-state index in [9.17, 15) is 4.39 Å². The fourth-order valence-corrected chi connectivity index (χ4v) is 1.64. The molecule has 1 heterocycles. The molecule has 0 fully saturated rings. The lowest BCUT2D eigenvalue weighted by Gasteiger charge is -2.11. The molecule has 2 aromatic rings. The molecule has 0 saturated heterocycles. The summed E-state index contributed by atoms with van der Waals surface area (Å²) in [4.78, 5) is 0. The summed E-state index contributed by atoms with van der Waals surface area (Å²) in [7, 11) is 1.90. The lowest BCUT2D eigenvalue weighted by Crippen LogP contribution is -2.24. The van der Waals surface area contributed by atoms with Gasteiger partial charge in [0.2, 0.25) is 0 Å². The molecule has 1 aromatic carbocycles. The van der Waals surface area contributed by atoms with Crippen molar-refractivity contribution in [2.24, 2.45) is 0 Å². The van der Waals surface area contributed by atoms with Crippen LogP contribution in [0.3, 0.4) is 0 Å². The van der Waals surface area contributed by atoms with Crippen LogP contribution >= 0.6 is 0 Å². The first-order valence-corrected chi connectivity index (χ1v) is 5.53. The van der Waals surface area contributed by atoms with Gasteiger partial charge in [-0.25, -0.2) is 9.07 Å². The molecule has 0 saturated carbocycles. The van der Waals surface area contributed by atoms with Crippen LogP contribution in [0.15, 0.2) is 30.5 Å². The summed E-state index contributed by atoms with van der Waals surface area (Å²) in [5.74, 6) is -0.273. The summed E-state index contributed by atoms with van der Waals surface area (Å²) in [5, 5.41) is 11.0. The molecular formula is C12H15FN4. The fraction of sp³-hybridized carbons (Fsp3) is 0.333. The minimum Gasteiger partial charge on any atom is -0.317 e. The molecule has 0 radical (unpaired) electrons. The van der Waals surface area contributed by atoms with Crippen molar-refractivity contribution in [1.29, 1.82) is 0 Å². The van der Waals surface area contributed by atoms with Crippen LogP contribution in [0.2, 0.25) is 0 Å². The van der Waals surface area contributed by atoms with Gasteiger partial charge in [0, 0.05) is 12.5 Å². The van der Waals surface area contributed by atoms with E-state index < -0.39 is 0 Å². The van der Waals surface area contributed by atoms with Crippen LogP contribution in [-0.4, -0.2) is 28.1 Å². The van der Waals surface area contributed by atoms with Crippen molar-refractivity contribution in [3.8, 4) is 5.69 Å². The van der Waals surface area contributed by atoms with Gasteiger partial charge in [0.25, 0.3) is 0 Å². The van der Waals surface area contributed by atoms with E-state index in [2.05, 4.69) is 22.6 Å². The van der Waals surface area contributed by atoms with E-state index in [0.717, 1.165) is 12.1 Å². The van der Waals surface area contributed by atoms with Crippen molar-refractivity contribution >= 4 is 0 Å². The van der Waals surface area contributed by atoms with Gasteiger partial charge in [-0.15, -0.1) is 5.10 Å². The quantitative estimate of drug-likeness (QED) is 0.873. The van der Waals surface area contributed by atoms with Crippen LogP contribution in [0.25, 0.3) is 5.69 Å². The number of hydrogen-bond donors (Lipinski definition) is 1. The summed E-state index contributed by atoms with van der Waals surface area (Å²) in [6.07, 6.45) is 2.50. The van der Waals surface area contributed by atoms with Gasteiger partial charge in [-0.2, -0.15) is 0 Å². The second kappa shape index (κ2) is 5.05. The van der Waals surface area contributed by atoms with Crippen LogP contribution in [-0.2, 0) is 6.42 Å². The molecule has 2 rings (SSSR count). The Morgan fingerprint density at radius 3 is 3.00 bits per heavy atom. The highest BCUT2D eigenvalue weighted by atomic mass is 19.1. The van der Waals surface area contributed by atoms with Gasteiger partial charge in [-0.3, -0.25) is 0 Å². The number of aromatic nitrogens is 3. The maximum atomic E-state index is 13.1. The molecule has 0 spiro atoms. The van der Waals surface area contributed by atoms with E-state index in [0.29, 0.717) is 11.7 Å². The lowest BCUT2D eigenvalue weighted by atomic mass is 10.2. The van der Waals surface area contributed by atoms with Gasteiger partial charge < -0.3 is 5.32 Å². The van der Waals surface area contributed by atoms with Gasteiger partial charge in [0.1, 0.15) is 5.82 Å². The minimum atomic E-state index is -0.273. The molecule has 0 aliphatic carbocycles. The number of halogens is 1. The third-order valence-corrected chi connectivity index (χ3v) is 2.68. The predicted octanol–water partition coefficient (Wildman–Crippen LogP) is 1.56. The largest absolute Gasteiger partial charge is 0.317 e. The molecule has 1 atom stereocenters. The molecule has 0 bridgehead atoms. The Kier molecular flexibility index (Phi) is 3.49. The molecule has 0 amide bonds. The van der Waals surface area contributed by atoms with Crippen molar-refractivity contribution < 1.29 is 4.39 Å². The van der Waals surface area contributed by atoms with Gasteiger partial charge in [0.15, 0.2) is 0 Å². The van der Waals surface area contributed by atoms with Crippen LogP contribution in [0, 0.1) is 5.82 Å². The molecule has 1 unspecified atom stereocenters. The van der Waals surface area contributed by atoms with Crippen LogP contribution in [0.1, 0.15) is 12.6 Å². The summed E-state index contributed by atoms with van der Waals surface area (Å²) in [6, 6.07) is 6.65. The molecule has 5 heteroatoms. The number of nitrogens with one attached hydrogen (secondary N) is 1. The van der Waals surface area contributed by atoms with E-state index in [-0.39, 0.29) is 5.82 Å². The summed E-state index contributed by atoms with van der Waals surface area (Å²) in [6.45, 7) is 2.07. The van der Waals surface area contributed by atoms with Gasteiger partial charge in [-0.05, 0) is 32.2 Å². The third-order valence-electron chi connectivity index (χ3n) is 2.68. The normalized spacial score (nSPS) is 12.6. The molecule has 90 valence electrons. The Labute approximate surface area is 99.5 Å². The van der Waals surface area contributed by atoms with Crippen molar-refractivity contribution in [2.45, 2.75) is 19.4 Å². The Morgan fingerprint density at radius 1 is 1.47 bits per heavy atom. The van der Waals surface area contributed by atoms with Crippen molar-refractivity contribution in [2.75, 3.05) is 7.05 Å². The van der Waals surface area contributed by atoms with Crippen LogP contribution < -0.4 is 5.32 Å². The van der Waals surface area contributed by atoms with Gasteiger partial charge >= 0.3 is 0 Å². The summed E-state index contributed by atoms with van der Waals surface area (Å²) in [5.41, 5.74) is 1.65. The zero-order valence-electron chi connectivity index (χ0n) is 9.89. The number of rotatable bonds is 4. The Hall–Kier alpha value is -1.75. The average Bonchev–Trinajstić information content (AvgIpc) is 2.77. The fourth-order valence-electron chi connectivity index (χ4n) is 1.64. The number of hydrogen-bond acceptors (Lipinski definition) is 3. The van der Waals surface area contributed by atoms with E-state index in [4.69, 9.17) is 0 Å². The Balaban J connectivity index is 2.30. The first kappa shape index (κ1) is 11.7. The van der Waals surface area contributed by atoms with Crippen molar-refractivity contribution in [3.05, 3.63) is 42.0 Å². The molecule has 17 heavy (non-hydrogen) atoms. The molecule has 0 aliphatic rings. The van der Waals surface area contributed by atoms with Gasteiger partial charge in [-0.1, -0.05) is 11.3 Å². The first-order chi connectivity index (χ1) is 8.20. The van der Waals surface area contributed by atoms with Gasteiger partial charge in [0.05, 0.1) is 17.6 Å². The monoisotopic (exact) mass is 234 g/mol.